The molecule has 0 atom stereocenters. The minimum absolute atomic E-state index is 0.0325. The summed E-state index contributed by atoms with van der Waals surface area (Å²) in [6, 6.07) is 61.2. The number of alkyl halides is 9. The number of hydrogen-bond donors (Lipinski definition) is 6. The Labute approximate surface area is 594 Å². The predicted molar refractivity (Wildman–Crippen MR) is 383 cm³/mol. The highest BCUT2D eigenvalue weighted by Gasteiger charge is 2.32. The molecule has 540 valence electrons. The highest BCUT2D eigenvalue weighted by atomic mass is 19.4. The SMILES string of the molecule is C=Cc1ccc(C)c(Nc2ccc(F)cc2)c1.Cc1ccc(/C=C/c2ccc(OC(F)(F)F)cc2)cc1Nc1ccc(F)cc1.O=C(O)c1ccc(/C=C/c2ccc(OC(F)(F)F)cc2)cc1Nc1ccc(F)cc1.O=C(O)c1ccc(CCc2ccc(OC(F)(F)F)cc2)cc1Nc1ccc(F)cc1. The molecule has 24 heteroatoms. The van der Waals surface area contributed by atoms with E-state index in [9.17, 15) is 76.9 Å². The zero-order valence-electron chi connectivity index (χ0n) is 55.5. The lowest BCUT2D eigenvalue weighted by Gasteiger charge is -2.12. The molecule has 105 heavy (non-hydrogen) atoms. The number of nitrogens with one attached hydrogen (secondary N) is 4. The summed E-state index contributed by atoms with van der Waals surface area (Å²) in [5, 5.41) is 31.2. The first-order chi connectivity index (χ1) is 49.9. The number of halogens is 13. The third kappa shape index (κ3) is 26.6. The number of carboxylic acids is 2. The van der Waals surface area contributed by atoms with Gasteiger partial charge in [0.2, 0.25) is 0 Å². The van der Waals surface area contributed by atoms with Gasteiger partial charge in [-0.1, -0.05) is 110 Å². The second-order valence-corrected chi connectivity index (χ2v) is 22.8. The van der Waals surface area contributed by atoms with Crippen molar-refractivity contribution in [3.8, 4) is 17.2 Å². The summed E-state index contributed by atoms with van der Waals surface area (Å²) in [5.74, 6) is -4.45. The van der Waals surface area contributed by atoms with E-state index in [1.165, 1.54) is 133 Å². The van der Waals surface area contributed by atoms with Crippen molar-refractivity contribution in [3.63, 3.8) is 0 Å². The summed E-state index contributed by atoms with van der Waals surface area (Å²) in [7, 11) is 0. The number of anilines is 8. The molecule has 0 aliphatic rings. The van der Waals surface area contributed by atoms with E-state index >= 15 is 0 Å². The quantitative estimate of drug-likeness (QED) is 0.0301. The van der Waals surface area contributed by atoms with Crippen LogP contribution in [0.4, 0.5) is 103 Å². The van der Waals surface area contributed by atoms with Gasteiger partial charge >= 0.3 is 31.0 Å². The first-order valence-corrected chi connectivity index (χ1v) is 31.5. The number of carbonyl (C=O) groups is 2. The molecule has 6 N–H and O–H groups in total. The Morgan fingerprint density at radius 2 is 0.610 bits per heavy atom. The van der Waals surface area contributed by atoms with E-state index in [1.54, 1.807) is 97.1 Å². The second-order valence-electron chi connectivity index (χ2n) is 22.8. The average Bonchev–Trinajstić information content (AvgIpc) is 0.842. The Morgan fingerprint density at radius 3 is 0.962 bits per heavy atom. The lowest BCUT2D eigenvalue weighted by Crippen LogP contribution is -2.17. The Morgan fingerprint density at radius 1 is 0.343 bits per heavy atom. The van der Waals surface area contributed by atoms with Crippen molar-refractivity contribution in [1.82, 2.24) is 0 Å². The van der Waals surface area contributed by atoms with Crippen molar-refractivity contribution >= 4 is 87.8 Å². The summed E-state index contributed by atoms with van der Waals surface area (Å²) >= 11 is 0. The molecule has 0 bridgehead atoms. The third-order valence-electron chi connectivity index (χ3n) is 14.9. The van der Waals surface area contributed by atoms with Crippen LogP contribution in [-0.4, -0.2) is 41.2 Å². The number of ether oxygens (including phenoxy) is 3. The fourth-order valence-corrected chi connectivity index (χ4v) is 9.62. The van der Waals surface area contributed by atoms with Crippen molar-refractivity contribution in [2.24, 2.45) is 0 Å². The predicted octanol–water partition coefficient (Wildman–Crippen LogP) is 23.8. The molecule has 0 aliphatic heterocycles. The van der Waals surface area contributed by atoms with E-state index in [4.69, 9.17) is 0 Å². The van der Waals surface area contributed by atoms with Crippen LogP contribution in [0.1, 0.15) is 70.8 Å². The minimum Gasteiger partial charge on any atom is -0.478 e. The molecule has 0 fully saturated rings. The maximum absolute atomic E-state index is 13.1. The number of aryl methyl sites for hydroxylation is 4. The summed E-state index contributed by atoms with van der Waals surface area (Å²) < 4.78 is 173. The monoisotopic (exact) mass is 1450 g/mol. The van der Waals surface area contributed by atoms with Crippen LogP contribution < -0.4 is 35.5 Å². The molecule has 11 nitrogen and oxygen atoms in total. The van der Waals surface area contributed by atoms with Crippen LogP contribution >= 0.6 is 0 Å². The van der Waals surface area contributed by atoms with Crippen LogP contribution in [0.5, 0.6) is 17.2 Å². The normalized spacial score (nSPS) is 11.2. The molecule has 11 aromatic carbocycles. The summed E-state index contributed by atoms with van der Waals surface area (Å²) in [4.78, 5) is 23.0. The molecule has 0 amide bonds. The van der Waals surface area contributed by atoms with Gasteiger partial charge in [0.1, 0.15) is 40.5 Å². The van der Waals surface area contributed by atoms with E-state index in [1.807, 2.05) is 56.3 Å². The van der Waals surface area contributed by atoms with Gasteiger partial charge in [-0.15, -0.1) is 39.5 Å². The van der Waals surface area contributed by atoms with Gasteiger partial charge in [0.15, 0.2) is 0 Å². The van der Waals surface area contributed by atoms with E-state index in [-0.39, 0.29) is 40.0 Å². The molecule has 11 aromatic rings. The van der Waals surface area contributed by atoms with Crippen LogP contribution in [0.3, 0.4) is 0 Å². The lowest BCUT2D eigenvalue weighted by atomic mass is 10.0. The van der Waals surface area contributed by atoms with Gasteiger partial charge in [0.25, 0.3) is 0 Å². The summed E-state index contributed by atoms with van der Waals surface area (Å²) in [5.41, 5.74) is 13.1. The summed E-state index contributed by atoms with van der Waals surface area (Å²) in [6.45, 7) is 7.73. The maximum atomic E-state index is 13.1. The van der Waals surface area contributed by atoms with Crippen LogP contribution in [0, 0.1) is 37.1 Å². The maximum Gasteiger partial charge on any atom is 0.573 e. The fraction of sp³-hybridized carbons (Fsp3) is 0.0864. The standard InChI is InChI=1S/C22H17F4NO3.C22H15F4NO3.C22H17F4NO.C15H14FN/c2*23-16-6-8-17(9-7-16)27-20-13-15(5-12-19(20)21(28)29)2-1-14-3-10-18(11-4-14)30-22(24,25)26;1-15-2-3-17(14-21(15)27-19-10-8-18(23)9-11-19)5-4-16-6-12-20(13-7-16)28-22(24,25)26;1-3-12-5-4-11(2)15(10-12)17-14-8-6-13(16)7-9-14/h3-13,27H,1-2H2,(H,28,29);1-13,27H,(H,28,29);2-14,27H,1H3;3-10,17H,1H2,2H3/b;2-1+;5-4+;. The minimum atomic E-state index is -4.75. The zero-order chi connectivity index (χ0) is 75.8. The van der Waals surface area contributed by atoms with Crippen molar-refractivity contribution in [1.29, 1.82) is 0 Å². The first-order valence-electron chi connectivity index (χ1n) is 31.5. The molecule has 0 saturated carbocycles. The Bertz CT molecular complexity index is 4760. The first kappa shape index (κ1) is 78.0. The molecular formula is C81H63F13N4O7. The molecule has 0 aliphatic carbocycles. The topological polar surface area (TPSA) is 150 Å². The van der Waals surface area contributed by atoms with Gasteiger partial charge in [0.05, 0.1) is 22.5 Å². The Hall–Kier alpha value is -12.7. The highest BCUT2D eigenvalue weighted by molar-refractivity contribution is 5.96. The largest absolute Gasteiger partial charge is 0.573 e. The molecule has 11 rings (SSSR count). The lowest BCUT2D eigenvalue weighted by molar-refractivity contribution is -0.275. The molecule has 0 saturated heterocycles. The number of aromatic carboxylic acids is 2. The summed E-state index contributed by atoms with van der Waals surface area (Å²) in [6.07, 6.45) is -4.32. The van der Waals surface area contributed by atoms with Crippen LogP contribution in [0.15, 0.2) is 249 Å². The van der Waals surface area contributed by atoms with E-state index in [2.05, 4.69) is 42.1 Å². The third-order valence-corrected chi connectivity index (χ3v) is 14.9. The molecule has 0 unspecified atom stereocenters. The molecule has 0 radical (unpaired) electrons. The van der Waals surface area contributed by atoms with Gasteiger partial charge in [-0.25, -0.2) is 27.2 Å². The van der Waals surface area contributed by atoms with E-state index < -0.39 is 42.7 Å². The van der Waals surface area contributed by atoms with Crippen molar-refractivity contribution in [2.45, 2.75) is 45.8 Å². The van der Waals surface area contributed by atoms with Crippen LogP contribution in [0.25, 0.3) is 30.4 Å². The molecular weight excluding hydrogens is 1390 g/mol. The molecule has 0 heterocycles. The zero-order valence-corrected chi connectivity index (χ0v) is 55.5. The number of hydrogen-bond acceptors (Lipinski definition) is 9. The second kappa shape index (κ2) is 36.2. The van der Waals surface area contributed by atoms with Crippen LogP contribution in [-0.2, 0) is 12.8 Å². The smallest absolute Gasteiger partial charge is 0.478 e. The van der Waals surface area contributed by atoms with Gasteiger partial charge in [-0.2, -0.15) is 0 Å². The average molecular weight is 1450 g/mol. The van der Waals surface area contributed by atoms with Crippen molar-refractivity contribution in [3.05, 3.63) is 334 Å². The van der Waals surface area contributed by atoms with Crippen LogP contribution in [0.2, 0.25) is 0 Å². The molecule has 0 spiro atoms. The fourth-order valence-electron chi connectivity index (χ4n) is 9.62. The van der Waals surface area contributed by atoms with Crippen molar-refractivity contribution in [2.75, 3.05) is 21.3 Å². The Balaban J connectivity index is 0.000000180. The van der Waals surface area contributed by atoms with E-state index in [0.29, 0.717) is 46.7 Å². The number of rotatable bonds is 21. The van der Waals surface area contributed by atoms with Gasteiger partial charge in [0, 0.05) is 34.1 Å². The van der Waals surface area contributed by atoms with Gasteiger partial charge in [-0.05, 0) is 247 Å². The van der Waals surface area contributed by atoms with Gasteiger partial charge < -0.3 is 45.7 Å². The highest BCUT2D eigenvalue weighted by Crippen LogP contribution is 2.31. The number of carboxylic acid groups (broad SMARTS) is 2. The van der Waals surface area contributed by atoms with E-state index in [0.717, 1.165) is 61.7 Å². The Kier molecular flexibility index (Phi) is 26.9. The van der Waals surface area contributed by atoms with Gasteiger partial charge in [-0.3, -0.25) is 0 Å². The van der Waals surface area contributed by atoms with Crippen molar-refractivity contribution < 1.29 is 91.1 Å². The number of benzene rings is 11. The molecule has 0 aromatic heterocycles.